The van der Waals surface area contributed by atoms with Gasteiger partial charge in [0.1, 0.15) is 22.4 Å². The molecule has 0 radical (unpaired) electrons. The van der Waals surface area contributed by atoms with Gasteiger partial charge in [0.05, 0.1) is 4.92 Å². The van der Waals surface area contributed by atoms with Gasteiger partial charge in [0.25, 0.3) is 0 Å². The zero-order valence-electron chi connectivity index (χ0n) is 35.2. The fourth-order valence-electron chi connectivity index (χ4n) is 5.05. The van der Waals surface area contributed by atoms with Gasteiger partial charge < -0.3 is 24.7 Å². The number of nitrogens with two attached hydrogens (primary N) is 1. The smallest absolute Gasteiger partial charge is 0.425 e. The van der Waals surface area contributed by atoms with Gasteiger partial charge in [-0.15, -0.1) is 0 Å². The lowest BCUT2D eigenvalue weighted by Crippen LogP contribution is -2.44. The maximum absolute atomic E-state index is 12.9. The summed E-state index contributed by atoms with van der Waals surface area (Å²) in [4.78, 5) is 71.5. The van der Waals surface area contributed by atoms with Crippen LogP contribution in [0.1, 0.15) is 94.2 Å². The summed E-state index contributed by atoms with van der Waals surface area (Å²) in [6.07, 6.45) is 2.36. The Kier molecular flexibility index (Phi) is 14.7. The number of nitrogens with zero attached hydrogens (tertiary/aromatic N) is 5. The van der Waals surface area contributed by atoms with Crippen LogP contribution in [0.3, 0.4) is 0 Å². The largest absolute Gasteiger partial charge is 0.443 e. The van der Waals surface area contributed by atoms with Gasteiger partial charge in [0, 0.05) is 29.2 Å². The second-order valence-electron chi connectivity index (χ2n) is 17.0. The average molecular weight is 803 g/mol. The zero-order valence-corrected chi connectivity index (χ0v) is 35.2. The van der Waals surface area contributed by atoms with Crippen LogP contribution in [0.4, 0.5) is 30.8 Å². The molecule has 0 bridgehead atoms. The first-order valence-corrected chi connectivity index (χ1v) is 18.5. The molecule has 0 saturated carbocycles. The first-order chi connectivity index (χ1) is 26.7. The molecule has 58 heavy (non-hydrogen) atoms. The molecular weight excluding hydrogens is 748 g/mol. The van der Waals surface area contributed by atoms with Gasteiger partial charge in [0.15, 0.2) is 11.6 Å². The molecule has 2 aromatic carbocycles. The van der Waals surface area contributed by atoms with Crippen LogP contribution in [0.25, 0.3) is 27.6 Å². The Morgan fingerprint density at radius 3 is 1.38 bits per heavy atom. The summed E-state index contributed by atoms with van der Waals surface area (Å²) in [5.41, 5.74) is 4.03. The van der Waals surface area contributed by atoms with Crippen LogP contribution in [0.2, 0.25) is 0 Å². The number of pyridine rings is 2. The van der Waals surface area contributed by atoms with Gasteiger partial charge in [-0.1, -0.05) is 30.3 Å². The summed E-state index contributed by atoms with van der Waals surface area (Å²) < 4.78 is 21.6. The normalized spacial score (nSPS) is 12.0. The number of ether oxygens (including phenoxy) is 4. The van der Waals surface area contributed by atoms with Gasteiger partial charge in [-0.2, -0.15) is 9.80 Å². The molecular formula is C42H54N6O10. The predicted molar refractivity (Wildman–Crippen MR) is 222 cm³/mol. The van der Waals surface area contributed by atoms with Crippen LogP contribution in [0, 0.1) is 10.1 Å². The minimum absolute atomic E-state index is 0.0424. The highest BCUT2D eigenvalue weighted by Crippen LogP contribution is 2.30. The van der Waals surface area contributed by atoms with E-state index in [-0.39, 0.29) is 11.6 Å². The maximum atomic E-state index is 12.9. The van der Waals surface area contributed by atoms with Crippen LogP contribution in [0.15, 0.2) is 67.1 Å². The number of hydrogen-bond acceptors (Lipinski definition) is 13. The Bertz CT molecular complexity index is 2120. The van der Waals surface area contributed by atoms with E-state index in [0.29, 0.717) is 28.3 Å². The first-order valence-electron chi connectivity index (χ1n) is 18.5. The SMILES string of the molecule is CC(C)(C)OC(=O)N(C(=O)OC(C)(C)C)c1nccc2cc(/C=C/[N+](=O)[O-])ccc12.CC(C)(C)OC(=O)N(C(=O)OC(C)(C)C)c1nccc2cc(CCN)ccc12. The highest BCUT2D eigenvalue weighted by molar-refractivity contribution is 6.15. The van der Waals surface area contributed by atoms with Crippen molar-refractivity contribution < 1.29 is 43.0 Å². The number of imide groups is 2. The maximum Gasteiger partial charge on any atom is 0.425 e. The Morgan fingerprint density at radius 1 is 0.638 bits per heavy atom. The molecule has 4 rings (SSSR count). The third-order valence-electron chi connectivity index (χ3n) is 7.12. The molecule has 4 aromatic rings. The fourth-order valence-corrected chi connectivity index (χ4v) is 5.05. The second kappa shape index (κ2) is 18.4. The van der Waals surface area contributed by atoms with Crippen LogP contribution >= 0.6 is 0 Å². The van der Waals surface area contributed by atoms with Crippen molar-refractivity contribution in [3.8, 4) is 0 Å². The topological polar surface area (TPSA) is 207 Å². The molecule has 0 atom stereocenters. The quantitative estimate of drug-likeness (QED) is 0.110. The standard InChI is InChI=1S/C21H25N3O6.C21H29N3O4/c1-20(2,3)29-18(25)24(19(26)30-21(4,5)6)17-16-8-7-14(10-12-23(27)28)13-15(16)9-11-22-17;1-20(2,3)27-18(25)24(19(26)28-21(4,5)6)17-16-8-7-14(9-11-22)13-15(16)10-12-23-17/h7-13H,1-6H3;7-8,10,12-13H,9,11,22H2,1-6H3/b12-10+;. The Morgan fingerprint density at radius 2 is 1.02 bits per heavy atom. The molecule has 16 heteroatoms. The molecule has 0 saturated heterocycles. The highest BCUT2D eigenvalue weighted by Gasteiger charge is 2.36. The van der Waals surface area contributed by atoms with Crippen molar-refractivity contribution >= 4 is 63.6 Å². The number of carbonyl (C=O) groups excluding carboxylic acids is 4. The van der Waals surface area contributed by atoms with Crippen molar-refractivity contribution in [2.45, 2.75) is 112 Å². The number of fused-ring (bicyclic) bond motifs is 2. The van der Waals surface area contributed by atoms with Crippen LogP contribution in [-0.4, -0.2) is 68.2 Å². The van der Waals surface area contributed by atoms with E-state index in [1.54, 1.807) is 114 Å². The summed E-state index contributed by atoms with van der Waals surface area (Å²) in [5, 5.41) is 13.1. The van der Waals surface area contributed by atoms with Crippen LogP contribution in [0.5, 0.6) is 0 Å². The molecule has 0 aliphatic carbocycles. The van der Waals surface area contributed by atoms with Gasteiger partial charge in [-0.25, -0.2) is 29.1 Å². The molecule has 0 fully saturated rings. The number of aromatic nitrogens is 2. The molecule has 0 unspecified atom stereocenters. The Balaban J connectivity index is 0.000000311. The van der Waals surface area contributed by atoms with E-state index < -0.39 is 51.7 Å². The van der Waals surface area contributed by atoms with Crippen molar-refractivity contribution in [1.29, 1.82) is 0 Å². The fraction of sp³-hybridized carbons (Fsp3) is 0.429. The van der Waals surface area contributed by atoms with Crippen molar-refractivity contribution in [3.05, 3.63) is 88.4 Å². The van der Waals surface area contributed by atoms with Crippen LogP contribution < -0.4 is 15.5 Å². The van der Waals surface area contributed by atoms with E-state index in [1.807, 2.05) is 24.3 Å². The van der Waals surface area contributed by atoms with Crippen molar-refractivity contribution in [3.63, 3.8) is 0 Å². The highest BCUT2D eigenvalue weighted by atomic mass is 16.6. The van der Waals surface area contributed by atoms with Crippen molar-refractivity contribution in [2.24, 2.45) is 5.73 Å². The van der Waals surface area contributed by atoms with Gasteiger partial charge >= 0.3 is 24.4 Å². The summed E-state index contributed by atoms with van der Waals surface area (Å²) in [5.74, 6) is 0.209. The number of benzene rings is 2. The molecule has 16 nitrogen and oxygen atoms in total. The monoisotopic (exact) mass is 802 g/mol. The number of hydrogen-bond donors (Lipinski definition) is 1. The molecule has 0 aliphatic rings. The molecule has 2 aromatic heterocycles. The third kappa shape index (κ3) is 14.1. The van der Waals surface area contributed by atoms with E-state index >= 15 is 0 Å². The minimum atomic E-state index is -0.922. The van der Waals surface area contributed by atoms with E-state index in [4.69, 9.17) is 24.7 Å². The molecule has 2 heterocycles. The second-order valence-corrected chi connectivity index (χ2v) is 17.0. The summed E-state index contributed by atoms with van der Waals surface area (Å²) in [6, 6.07) is 14.1. The first kappa shape index (κ1) is 46.2. The zero-order chi connectivity index (χ0) is 43.8. The molecule has 312 valence electrons. The Labute approximate surface area is 338 Å². The predicted octanol–water partition coefficient (Wildman–Crippen LogP) is 9.57. The van der Waals surface area contributed by atoms with Gasteiger partial charge in [-0.3, -0.25) is 10.1 Å². The molecule has 2 N–H and O–H groups in total. The van der Waals surface area contributed by atoms with E-state index in [2.05, 4.69) is 9.97 Å². The van der Waals surface area contributed by atoms with Gasteiger partial charge in [-0.05, 0) is 136 Å². The summed E-state index contributed by atoms with van der Waals surface area (Å²) in [7, 11) is 0. The van der Waals surface area contributed by atoms with E-state index in [9.17, 15) is 29.3 Å². The third-order valence-corrected chi connectivity index (χ3v) is 7.12. The van der Waals surface area contributed by atoms with Crippen molar-refractivity contribution in [1.82, 2.24) is 9.97 Å². The average Bonchev–Trinajstić information content (AvgIpc) is 3.04. The van der Waals surface area contributed by atoms with E-state index in [1.165, 1.54) is 12.3 Å². The molecule has 0 spiro atoms. The summed E-state index contributed by atoms with van der Waals surface area (Å²) >= 11 is 0. The molecule has 4 amide bonds. The summed E-state index contributed by atoms with van der Waals surface area (Å²) in [6.45, 7) is 21.0. The lowest BCUT2D eigenvalue weighted by molar-refractivity contribution is -0.400. The molecule has 0 aliphatic heterocycles. The number of rotatable bonds is 6. The van der Waals surface area contributed by atoms with E-state index in [0.717, 1.165) is 33.4 Å². The lowest BCUT2D eigenvalue weighted by Gasteiger charge is -2.28. The number of nitro groups is 1. The van der Waals surface area contributed by atoms with Gasteiger partial charge in [0.2, 0.25) is 6.20 Å². The Hall–Kier alpha value is -6.16. The number of anilines is 2. The van der Waals surface area contributed by atoms with Crippen molar-refractivity contribution in [2.75, 3.05) is 16.3 Å². The minimum Gasteiger partial charge on any atom is -0.443 e. The number of carbonyl (C=O) groups is 4. The van der Waals surface area contributed by atoms with Crippen LogP contribution in [-0.2, 0) is 25.4 Å². The number of amides is 4. The lowest BCUT2D eigenvalue weighted by atomic mass is 10.1.